The predicted molar refractivity (Wildman–Crippen MR) is 72.3 cm³/mol. The number of hydrogen-bond donors (Lipinski definition) is 1. The van der Waals surface area contributed by atoms with Crippen LogP contribution in [0.25, 0.3) is 11.1 Å². The fraction of sp³-hybridized carbons (Fsp3) is 0.357. The maximum Gasteiger partial charge on any atom is 0.254 e. The van der Waals surface area contributed by atoms with Gasteiger partial charge >= 0.3 is 0 Å². The number of nitrogens with zero attached hydrogens (tertiary/aromatic N) is 2. The highest BCUT2D eigenvalue weighted by molar-refractivity contribution is 5.99. The molecule has 1 aromatic heterocycles. The Labute approximate surface area is 115 Å². The standard InChI is InChI=1S/C14H15N3O3/c1-8-16-10-7-9(3-4-12(10)20-8)14(19)17(2)11-5-6-15-13(11)18/h3-4,7,11H,5-6H2,1-2H3,(H,15,18). The van der Waals surface area contributed by atoms with Crippen molar-refractivity contribution in [3.63, 3.8) is 0 Å². The topological polar surface area (TPSA) is 75.4 Å². The van der Waals surface area contributed by atoms with E-state index in [0.717, 1.165) is 0 Å². The summed E-state index contributed by atoms with van der Waals surface area (Å²) >= 11 is 0. The Morgan fingerprint density at radius 3 is 3.00 bits per heavy atom. The van der Waals surface area contributed by atoms with Gasteiger partial charge in [-0.15, -0.1) is 0 Å². The third kappa shape index (κ3) is 2.03. The minimum atomic E-state index is -0.391. The fourth-order valence-electron chi connectivity index (χ4n) is 2.47. The van der Waals surface area contributed by atoms with Gasteiger partial charge in [0, 0.05) is 26.1 Å². The van der Waals surface area contributed by atoms with E-state index >= 15 is 0 Å². The molecule has 1 saturated heterocycles. The van der Waals surface area contributed by atoms with Crippen molar-refractivity contribution in [2.24, 2.45) is 0 Å². The molecule has 1 fully saturated rings. The summed E-state index contributed by atoms with van der Waals surface area (Å²) in [6, 6.07) is 4.72. The number of fused-ring (bicyclic) bond motifs is 1. The van der Waals surface area contributed by atoms with E-state index in [1.165, 1.54) is 4.90 Å². The van der Waals surface area contributed by atoms with E-state index in [9.17, 15) is 9.59 Å². The fourth-order valence-corrected chi connectivity index (χ4v) is 2.47. The lowest BCUT2D eigenvalue weighted by atomic mass is 10.1. The molecule has 0 radical (unpaired) electrons. The van der Waals surface area contributed by atoms with Crippen LogP contribution in [0, 0.1) is 6.92 Å². The maximum atomic E-state index is 12.4. The van der Waals surface area contributed by atoms with E-state index in [2.05, 4.69) is 10.3 Å². The van der Waals surface area contributed by atoms with Crippen LogP contribution in [0.3, 0.4) is 0 Å². The van der Waals surface area contributed by atoms with Crippen LogP contribution < -0.4 is 5.32 Å². The number of carbonyl (C=O) groups excluding carboxylic acids is 2. The van der Waals surface area contributed by atoms with Crippen LogP contribution >= 0.6 is 0 Å². The Hall–Kier alpha value is -2.37. The second-order valence-corrected chi connectivity index (χ2v) is 4.93. The average molecular weight is 273 g/mol. The molecule has 0 bridgehead atoms. The predicted octanol–water partition coefficient (Wildman–Crippen LogP) is 1.10. The highest BCUT2D eigenvalue weighted by Gasteiger charge is 2.31. The van der Waals surface area contributed by atoms with Crippen molar-refractivity contribution >= 4 is 22.9 Å². The van der Waals surface area contributed by atoms with Crippen LogP contribution in [-0.4, -0.2) is 41.3 Å². The van der Waals surface area contributed by atoms with Crippen molar-refractivity contribution in [2.75, 3.05) is 13.6 Å². The Kier molecular flexibility index (Phi) is 2.93. The Bertz CT molecular complexity index is 692. The molecule has 1 aliphatic heterocycles. The van der Waals surface area contributed by atoms with E-state index in [-0.39, 0.29) is 11.8 Å². The molecule has 6 heteroatoms. The van der Waals surface area contributed by atoms with E-state index in [1.807, 2.05) is 0 Å². The van der Waals surface area contributed by atoms with Gasteiger partial charge in [0.05, 0.1) is 0 Å². The van der Waals surface area contributed by atoms with Crippen molar-refractivity contribution in [3.8, 4) is 0 Å². The first-order valence-corrected chi connectivity index (χ1v) is 6.48. The van der Waals surface area contributed by atoms with Gasteiger partial charge in [-0.05, 0) is 24.6 Å². The van der Waals surface area contributed by atoms with Gasteiger partial charge in [0.1, 0.15) is 11.6 Å². The zero-order valence-corrected chi connectivity index (χ0v) is 11.3. The van der Waals surface area contributed by atoms with E-state index in [4.69, 9.17) is 4.42 Å². The number of amides is 2. The first kappa shape index (κ1) is 12.7. The highest BCUT2D eigenvalue weighted by atomic mass is 16.3. The number of carbonyl (C=O) groups is 2. The molecule has 2 heterocycles. The normalized spacial score (nSPS) is 18.3. The van der Waals surface area contributed by atoms with Gasteiger partial charge < -0.3 is 14.6 Å². The van der Waals surface area contributed by atoms with Crippen LogP contribution in [-0.2, 0) is 4.79 Å². The lowest BCUT2D eigenvalue weighted by molar-refractivity contribution is -0.122. The zero-order chi connectivity index (χ0) is 14.3. The average Bonchev–Trinajstić information content (AvgIpc) is 3.00. The van der Waals surface area contributed by atoms with Crippen molar-refractivity contribution < 1.29 is 14.0 Å². The van der Waals surface area contributed by atoms with Crippen molar-refractivity contribution in [1.82, 2.24) is 15.2 Å². The minimum Gasteiger partial charge on any atom is -0.441 e. The molecule has 1 aliphatic rings. The summed E-state index contributed by atoms with van der Waals surface area (Å²) in [7, 11) is 1.65. The maximum absolute atomic E-state index is 12.4. The number of aryl methyl sites for hydroxylation is 1. The Balaban J connectivity index is 1.89. The largest absolute Gasteiger partial charge is 0.441 e. The van der Waals surface area contributed by atoms with Crippen molar-refractivity contribution in [3.05, 3.63) is 29.7 Å². The molecule has 104 valence electrons. The summed E-state index contributed by atoms with van der Waals surface area (Å²) in [4.78, 5) is 29.7. The second kappa shape index (κ2) is 4.63. The number of nitrogens with one attached hydrogen (secondary N) is 1. The summed E-state index contributed by atoms with van der Waals surface area (Å²) in [6.45, 7) is 2.37. The molecule has 0 spiro atoms. The number of benzene rings is 1. The van der Waals surface area contributed by atoms with E-state index < -0.39 is 6.04 Å². The van der Waals surface area contributed by atoms with Gasteiger partial charge in [-0.1, -0.05) is 0 Å². The summed E-state index contributed by atoms with van der Waals surface area (Å²) in [5.41, 5.74) is 1.81. The lowest BCUT2D eigenvalue weighted by Gasteiger charge is -2.22. The highest BCUT2D eigenvalue weighted by Crippen LogP contribution is 2.19. The molecule has 2 aromatic rings. The van der Waals surface area contributed by atoms with Crippen LogP contribution in [0.4, 0.5) is 0 Å². The van der Waals surface area contributed by atoms with Crippen molar-refractivity contribution in [2.45, 2.75) is 19.4 Å². The van der Waals surface area contributed by atoms with Gasteiger partial charge in [-0.2, -0.15) is 0 Å². The van der Waals surface area contributed by atoms with Crippen LogP contribution in [0.5, 0.6) is 0 Å². The summed E-state index contributed by atoms with van der Waals surface area (Å²) in [5, 5.41) is 2.73. The van der Waals surface area contributed by atoms with Crippen LogP contribution in [0.2, 0.25) is 0 Å². The molecule has 6 nitrogen and oxygen atoms in total. The molecular weight excluding hydrogens is 258 g/mol. The molecule has 2 amide bonds. The number of aromatic nitrogens is 1. The summed E-state index contributed by atoms with van der Waals surface area (Å²) in [5.74, 6) is 0.280. The zero-order valence-electron chi connectivity index (χ0n) is 11.3. The molecule has 20 heavy (non-hydrogen) atoms. The SMILES string of the molecule is Cc1nc2cc(C(=O)N(C)C3CCNC3=O)ccc2o1. The molecule has 3 rings (SSSR count). The van der Waals surface area contributed by atoms with Crippen molar-refractivity contribution in [1.29, 1.82) is 0 Å². The third-order valence-corrected chi connectivity index (χ3v) is 3.55. The van der Waals surface area contributed by atoms with Crippen LogP contribution in [0.15, 0.2) is 22.6 Å². The molecule has 0 aliphatic carbocycles. The number of hydrogen-bond acceptors (Lipinski definition) is 4. The minimum absolute atomic E-state index is 0.0980. The number of rotatable bonds is 2. The molecule has 1 unspecified atom stereocenters. The molecule has 0 saturated carbocycles. The summed E-state index contributed by atoms with van der Waals surface area (Å²) < 4.78 is 5.38. The van der Waals surface area contributed by atoms with Gasteiger partial charge in [-0.3, -0.25) is 9.59 Å². The van der Waals surface area contributed by atoms with E-state index in [0.29, 0.717) is 35.5 Å². The molecule has 1 aromatic carbocycles. The monoisotopic (exact) mass is 273 g/mol. The second-order valence-electron chi connectivity index (χ2n) is 4.93. The smallest absolute Gasteiger partial charge is 0.254 e. The van der Waals surface area contributed by atoms with E-state index in [1.54, 1.807) is 32.2 Å². The van der Waals surface area contributed by atoms with Gasteiger partial charge in [0.2, 0.25) is 5.91 Å². The number of likely N-dealkylation sites (N-methyl/N-ethyl adjacent to an activating group) is 1. The summed E-state index contributed by atoms with van der Waals surface area (Å²) in [6.07, 6.45) is 0.645. The molecule has 1 N–H and O–H groups in total. The Morgan fingerprint density at radius 1 is 1.50 bits per heavy atom. The molecule has 1 atom stereocenters. The quantitative estimate of drug-likeness (QED) is 0.889. The first-order valence-electron chi connectivity index (χ1n) is 6.48. The first-order chi connectivity index (χ1) is 9.56. The van der Waals surface area contributed by atoms with Crippen LogP contribution in [0.1, 0.15) is 22.7 Å². The van der Waals surface area contributed by atoms with Gasteiger partial charge in [-0.25, -0.2) is 4.98 Å². The van der Waals surface area contributed by atoms with Gasteiger partial charge in [0.25, 0.3) is 5.91 Å². The number of oxazole rings is 1. The van der Waals surface area contributed by atoms with Gasteiger partial charge in [0.15, 0.2) is 11.5 Å². The Morgan fingerprint density at radius 2 is 2.30 bits per heavy atom. The third-order valence-electron chi connectivity index (χ3n) is 3.55. The lowest BCUT2D eigenvalue weighted by Crippen LogP contribution is -2.41. The molecular formula is C14H15N3O3.